The SMILES string of the molecule is CCCCCCCCCCCCCCCC(=O)N[C@@H](CCC(=O)NCCCC[C@H](NC(=O)[C@H](C)NC(=O)[C@H](C)NC(=O)[C@H](CCC(N)=O)NC(=O)CNC(=O)[C@H](CCC(=O)O)NC(=O)[C@@H](N)CC(C)C)C(=O)N[C@@H](CCC(=O)O)C(=O)N[C@@H](Cc1ccccc1)C(=O)N[C@H](C(=O)N[C@@H](C)C(=O)N[C@@H](Cc1c[nH]c2ccccc12)C(=O)N[C@@H](CC(C)C)C(=O)O)[C@@H](C)CC)C(=O)O. The molecule has 0 unspecified atom stereocenters. The van der Waals surface area contributed by atoms with Gasteiger partial charge in [0.2, 0.25) is 88.6 Å². The van der Waals surface area contributed by atoms with Crippen molar-refractivity contribution < 1.29 is 112 Å². The van der Waals surface area contributed by atoms with Gasteiger partial charge in [-0.2, -0.15) is 0 Å². The number of carbonyl (C=O) groups is 19. The molecule has 0 spiro atoms. The molecule has 2 aromatic carbocycles. The molecule has 1 heterocycles. The average Bonchev–Trinajstić information content (AvgIpc) is 1.66. The molecular weight excluding hydrogens is 1700 g/mol. The number of aromatic nitrogens is 1. The molecule has 40 heteroatoms. The first-order valence-corrected chi connectivity index (χ1v) is 45.7. The summed E-state index contributed by atoms with van der Waals surface area (Å²) in [5.41, 5.74) is 13.1. The molecule has 1 aromatic heterocycles. The Labute approximate surface area is 765 Å². The van der Waals surface area contributed by atoms with Gasteiger partial charge in [-0.25, -0.2) is 9.59 Å². The minimum Gasteiger partial charge on any atom is -0.481 e. The summed E-state index contributed by atoms with van der Waals surface area (Å²) < 4.78 is 0. The van der Waals surface area contributed by atoms with Gasteiger partial charge >= 0.3 is 23.9 Å². The second kappa shape index (κ2) is 61.4. The van der Waals surface area contributed by atoms with Gasteiger partial charge in [-0.05, 0) is 120 Å². The van der Waals surface area contributed by atoms with E-state index in [4.69, 9.17) is 11.5 Å². The molecule has 0 fully saturated rings. The van der Waals surface area contributed by atoms with Gasteiger partial charge in [0.1, 0.15) is 72.5 Å². The maximum absolute atomic E-state index is 14.9. The summed E-state index contributed by atoms with van der Waals surface area (Å²) in [7, 11) is 0. The highest BCUT2D eigenvalue weighted by Crippen LogP contribution is 2.22. The molecule has 730 valence electrons. The van der Waals surface area contributed by atoms with Gasteiger partial charge in [-0.15, -0.1) is 0 Å². The lowest BCUT2D eigenvalue weighted by atomic mass is 9.96. The fourth-order valence-electron chi connectivity index (χ4n) is 14.2. The number of nitrogens with one attached hydrogen (secondary N) is 15. The Balaban J connectivity index is 1.93. The van der Waals surface area contributed by atoms with Crippen molar-refractivity contribution in [3.8, 4) is 0 Å². The van der Waals surface area contributed by atoms with E-state index in [1.807, 2.05) is 0 Å². The second-order valence-electron chi connectivity index (χ2n) is 34.4. The van der Waals surface area contributed by atoms with E-state index in [0.29, 0.717) is 17.5 Å². The zero-order valence-corrected chi connectivity index (χ0v) is 77.3. The largest absolute Gasteiger partial charge is 0.481 e. The number of amides is 15. The summed E-state index contributed by atoms with van der Waals surface area (Å²) in [5, 5.41) is 75.1. The average molecular weight is 1840 g/mol. The van der Waals surface area contributed by atoms with Crippen LogP contribution in [0.5, 0.6) is 0 Å². The normalized spacial score (nSPS) is 14.4. The first kappa shape index (κ1) is 113. The number of hydrogen-bond donors (Lipinski definition) is 21. The maximum atomic E-state index is 14.9. The number of nitrogens with two attached hydrogens (primary N) is 2. The number of H-pyrrole nitrogens is 1. The first-order chi connectivity index (χ1) is 62.0. The van der Waals surface area contributed by atoms with E-state index in [9.17, 15) is 112 Å². The molecule has 3 rings (SSSR count). The highest BCUT2D eigenvalue weighted by atomic mass is 16.4. The molecule has 0 saturated heterocycles. The molecule has 0 radical (unpaired) electrons. The predicted octanol–water partition coefficient (Wildman–Crippen LogP) is 3.12. The number of benzene rings is 2. The number of para-hydroxylation sites is 1. The van der Waals surface area contributed by atoms with Crippen molar-refractivity contribution in [2.75, 3.05) is 13.1 Å². The summed E-state index contributed by atoms with van der Waals surface area (Å²) in [6.45, 7) is 15.4. The van der Waals surface area contributed by atoms with Crippen molar-refractivity contribution in [3.05, 3.63) is 71.9 Å². The van der Waals surface area contributed by atoms with E-state index in [0.717, 1.165) is 43.0 Å². The smallest absolute Gasteiger partial charge is 0.326 e. The molecule has 0 aliphatic heterocycles. The van der Waals surface area contributed by atoms with E-state index >= 15 is 0 Å². The molecule has 0 saturated carbocycles. The third-order valence-electron chi connectivity index (χ3n) is 22.1. The van der Waals surface area contributed by atoms with Gasteiger partial charge in [-0.1, -0.05) is 180 Å². The van der Waals surface area contributed by atoms with Crippen LogP contribution in [-0.2, 0) is 104 Å². The van der Waals surface area contributed by atoms with Gasteiger partial charge in [0.15, 0.2) is 0 Å². The number of primary amides is 1. The minimum atomic E-state index is -1.82. The molecule has 14 atom stereocenters. The van der Waals surface area contributed by atoms with Crippen LogP contribution in [0.25, 0.3) is 10.9 Å². The number of rotatable bonds is 68. The van der Waals surface area contributed by atoms with Crippen molar-refractivity contribution in [2.24, 2.45) is 29.2 Å². The van der Waals surface area contributed by atoms with Crippen molar-refractivity contribution in [3.63, 3.8) is 0 Å². The van der Waals surface area contributed by atoms with E-state index in [1.165, 1.54) is 65.7 Å². The van der Waals surface area contributed by atoms with Crippen LogP contribution < -0.4 is 85.9 Å². The third-order valence-corrected chi connectivity index (χ3v) is 22.1. The van der Waals surface area contributed by atoms with Crippen molar-refractivity contribution in [2.45, 2.75) is 340 Å². The van der Waals surface area contributed by atoms with Crippen molar-refractivity contribution in [1.29, 1.82) is 0 Å². The number of carbonyl (C=O) groups excluding carboxylic acids is 15. The first-order valence-electron chi connectivity index (χ1n) is 45.7. The lowest BCUT2D eigenvalue weighted by molar-refractivity contribution is -0.143. The lowest BCUT2D eigenvalue weighted by Gasteiger charge is -2.29. The summed E-state index contributed by atoms with van der Waals surface area (Å²) in [4.78, 5) is 258. The van der Waals surface area contributed by atoms with Crippen LogP contribution in [0.1, 0.15) is 260 Å². The van der Waals surface area contributed by atoms with Gasteiger partial charge in [-0.3, -0.25) is 81.5 Å². The monoisotopic (exact) mass is 1840 g/mol. The van der Waals surface area contributed by atoms with Gasteiger partial charge in [0.05, 0.1) is 12.6 Å². The van der Waals surface area contributed by atoms with E-state index in [-0.39, 0.29) is 89.0 Å². The predicted molar refractivity (Wildman–Crippen MR) is 486 cm³/mol. The summed E-state index contributed by atoms with van der Waals surface area (Å²) in [6, 6.07) is -3.93. The molecule has 23 N–H and O–H groups in total. The third kappa shape index (κ3) is 45.8. The minimum absolute atomic E-state index is 0.00867. The Morgan fingerprint density at radius 3 is 1.34 bits per heavy atom. The zero-order chi connectivity index (χ0) is 97.8. The molecule has 15 amide bonds. The van der Waals surface area contributed by atoms with Crippen LogP contribution in [0.4, 0.5) is 0 Å². The quantitative estimate of drug-likeness (QED) is 0.0361. The van der Waals surface area contributed by atoms with E-state index in [2.05, 4.69) is 86.3 Å². The molecular formula is C91H143N17O23. The molecule has 0 bridgehead atoms. The summed E-state index contributed by atoms with van der Waals surface area (Å²) in [6.07, 6.45) is 12.0. The van der Waals surface area contributed by atoms with Crippen LogP contribution in [0.2, 0.25) is 0 Å². The number of carboxylic acid groups (broad SMARTS) is 4. The number of hydrogen-bond acceptors (Lipinski definition) is 20. The highest BCUT2D eigenvalue weighted by molar-refractivity contribution is 6.00. The standard InChI is InChI=1S/C91H143N17O23/c1-11-13-14-15-16-17-18-19-20-21-22-23-27-37-74(111)101-68(90(128)129)39-43-73(110)94-46-31-30-36-64(102-80(118)57(9)97-79(117)56(8)98-84(122)66(38-42-72(93)109)100-75(112)52-96-83(121)65(40-44-76(113)114)103-82(120)62(92)47-53(3)4)85(123)104-67(41-45-77(115)116)86(124)106-69(49-59-32-25-24-26-33-59)88(126)108-78(55(7)12-2)89(127)99-58(10)81(119)105-70(87(125)107-71(91(130)131)48-54(5)6)50-60-51-95-63-35-29-28-34-61(60)63/h24-26,28-29,32-35,51,53-58,62,64-71,78,95H,11-23,27,30-31,36-50,52,92H2,1-10H3,(H2,93,109)(H,94,110)(H,96,121)(H,97,117)(H,98,122)(H,99,127)(H,100,112)(H,101,111)(H,102,118)(H,103,120)(H,104,123)(H,105,119)(H,106,124)(H,107,125)(H,108,126)(H,113,114)(H,115,116)(H,128,129)(H,130,131)/t55-,56-,57-,58-,62-,64-,65-,66-,67-,68-,69-,70-,71-,78-/m0/s1. The zero-order valence-electron chi connectivity index (χ0n) is 77.3. The number of unbranched alkanes of at least 4 members (excludes halogenated alkanes) is 13. The van der Waals surface area contributed by atoms with Crippen LogP contribution >= 0.6 is 0 Å². The number of fused-ring (bicyclic) bond motifs is 1. The Morgan fingerprint density at radius 2 is 0.786 bits per heavy atom. The van der Waals surface area contributed by atoms with Crippen LogP contribution in [0.3, 0.4) is 0 Å². The van der Waals surface area contributed by atoms with Crippen molar-refractivity contribution >= 4 is 123 Å². The Bertz CT molecular complexity index is 4240. The van der Waals surface area contributed by atoms with E-state index in [1.54, 1.807) is 102 Å². The molecule has 0 aliphatic carbocycles. The van der Waals surface area contributed by atoms with Crippen molar-refractivity contribution in [1.82, 2.24) is 79.4 Å². The number of aromatic amines is 1. The Hall–Kier alpha value is -12.1. The number of aliphatic carboxylic acids is 4. The fourth-order valence-corrected chi connectivity index (χ4v) is 14.2. The van der Waals surface area contributed by atoms with Gasteiger partial charge in [0, 0.05) is 68.6 Å². The van der Waals surface area contributed by atoms with Crippen LogP contribution in [-0.4, -0.2) is 230 Å². The lowest BCUT2D eigenvalue weighted by Crippen LogP contribution is -2.61. The maximum Gasteiger partial charge on any atom is 0.326 e. The number of carboxylic acids is 4. The molecule has 3 aromatic rings. The van der Waals surface area contributed by atoms with Crippen LogP contribution in [0, 0.1) is 17.8 Å². The molecule has 0 aliphatic rings. The Morgan fingerprint density at radius 1 is 0.359 bits per heavy atom. The van der Waals surface area contributed by atoms with Gasteiger partial charge < -0.3 is 111 Å². The topological polar surface area (TPSA) is 642 Å². The highest BCUT2D eigenvalue weighted by Gasteiger charge is 2.38. The summed E-state index contributed by atoms with van der Waals surface area (Å²) in [5.74, 6) is -20.0. The van der Waals surface area contributed by atoms with Crippen LogP contribution in [0.15, 0.2) is 60.8 Å². The second-order valence-corrected chi connectivity index (χ2v) is 34.4. The Kier molecular flexibility index (Phi) is 53.0. The van der Waals surface area contributed by atoms with E-state index < -0.39 is 242 Å². The molecule has 131 heavy (non-hydrogen) atoms. The fraction of sp³-hybridized carbons (Fsp3) is 0.637. The van der Waals surface area contributed by atoms with Gasteiger partial charge in [0.25, 0.3) is 0 Å². The summed E-state index contributed by atoms with van der Waals surface area (Å²) >= 11 is 0. The molecule has 40 nitrogen and oxygen atoms in total.